The fraction of sp³-hybridized carbons (Fsp3) is 0.673. The topological polar surface area (TPSA) is 775 Å². The molecule has 0 spiro atoms. The molecule has 0 aliphatic carbocycles. The molecule has 38 atom stereocenters. The van der Waals surface area contributed by atoms with Crippen molar-refractivity contribution < 1.29 is 169 Å². The van der Waals surface area contributed by atoms with Crippen molar-refractivity contribution in [3.8, 4) is 0 Å². The Morgan fingerprint density at radius 3 is 0.953 bits per heavy atom. The Morgan fingerprint density at radius 1 is 0.358 bits per heavy atom. The molecule has 0 aromatic heterocycles. The first-order valence-electron chi connectivity index (χ1n) is 50.8. The van der Waals surface area contributed by atoms with E-state index in [0.29, 0.717) is 0 Å². The minimum atomic E-state index is -2.39. The summed E-state index contributed by atoms with van der Waals surface area (Å²) in [6, 6.07) is -1.99. The molecule has 44 heteroatoms. The minimum absolute atomic E-state index is 0.0623. The van der Waals surface area contributed by atoms with Gasteiger partial charge < -0.3 is 185 Å². The lowest BCUT2D eigenvalue weighted by molar-refractivity contribution is -0.313. The Balaban J connectivity index is 0.000000522. The number of carbonyl (C=O) groups excluding carboxylic acids is 2. The van der Waals surface area contributed by atoms with Gasteiger partial charge >= 0.3 is 23.9 Å². The molecule has 34 N–H and O–H groups in total. The number of carboxylic acids is 2. The van der Waals surface area contributed by atoms with E-state index < -0.39 is 300 Å². The normalized spacial score (nSPS) is 41.4. The molecule has 0 amide bonds. The SMILES string of the molecule is C[C@@H]1[C@H](O)[C@@H](C)/C=C/C=C/C=C/C=C/C=C/C=C/C=C/[C@H](O[C@@H]2O[C@H](C)[C@@H](O)[C@H](N(CCN)CCN)[C@@H]2O)CC2O[C@](O)(C[C@@H](O)C[C@@H](O)[C@H](O)CC[C@@H](O)C[C@@H](O)CC(=O)O[C@H]1C)C[C@H](O)[C@H]2C(=O)O.C[C@@H]1[C@H](O)[C@@H](C)/C=C/C=C/C=C/C=C/C=C/C=C/C=C/[C@H](O[C@@H]2O[C@H](C)[C@@H](O)[C@H](N(CCN=C(N)N)CCN=C(N)N)[C@@H]2O)CC2O[C@](O)(C[C@@H](O)C[C@@H](O)[C@H](O)CC[C@@H](O)C[C@@H](O)CC(=O)O[C@H]1C)C[C@H](O)[C@H]2C(=O)O. The second-order valence-electron chi connectivity index (χ2n) is 39.2. The van der Waals surface area contributed by atoms with Crippen LogP contribution in [0.3, 0.4) is 0 Å². The summed E-state index contributed by atoms with van der Waals surface area (Å²) in [5.74, 6) is -14.3. The van der Waals surface area contributed by atoms with E-state index in [1.165, 1.54) is 6.08 Å². The largest absolute Gasteiger partial charge is 0.481 e. The maximum absolute atomic E-state index is 12.8. The zero-order valence-corrected chi connectivity index (χ0v) is 85.9. The van der Waals surface area contributed by atoms with Crippen LogP contribution in [0, 0.1) is 35.5 Å². The van der Waals surface area contributed by atoms with Crippen LogP contribution in [0.15, 0.2) is 180 Å². The number of rotatable bonds is 18. The average molecular weight is 2100 g/mol. The number of aliphatic imine (C=N–C) groups is 2. The Hall–Kier alpha value is -8.42. The van der Waals surface area contributed by atoms with Crippen molar-refractivity contribution in [2.45, 2.75) is 353 Å². The molecular weight excluding hydrogens is 1930 g/mol. The lowest BCUT2D eigenvalue weighted by Crippen LogP contribution is -2.65. The van der Waals surface area contributed by atoms with Gasteiger partial charge in [-0.3, -0.25) is 39.0 Å². The molecule has 840 valence electrons. The van der Waals surface area contributed by atoms with Crippen LogP contribution in [-0.4, -0.2) is 405 Å². The number of fused-ring (bicyclic) bond motifs is 4. The molecule has 6 aliphatic heterocycles. The van der Waals surface area contributed by atoms with Gasteiger partial charge in [-0.1, -0.05) is 198 Å². The van der Waals surface area contributed by atoms with Crippen molar-refractivity contribution in [3.63, 3.8) is 0 Å². The van der Waals surface area contributed by atoms with Crippen LogP contribution >= 0.6 is 0 Å². The monoisotopic (exact) mass is 2100 g/mol. The molecule has 0 radical (unpaired) electrons. The van der Waals surface area contributed by atoms with Gasteiger partial charge in [0, 0.05) is 114 Å². The third kappa shape index (κ3) is 46.2. The number of hydrogen-bond donors (Lipinski definition) is 28. The highest BCUT2D eigenvalue weighted by Crippen LogP contribution is 2.42. The number of nitrogens with zero attached hydrogens (tertiary/aromatic N) is 4. The van der Waals surface area contributed by atoms with E-state index >= 15 is 0 Å². The number of ether oxygens (including phenoxy) is 8. The fourth-order valence-electron chi connectivity index (χ4n) is 18.5. The molecule has 0 saturated carbocycles. The summed E-state index contributed by atoms with van der Waals surface area (Å²) in [6.45, 7) is 14.9. The summed E-state index contributed by atoms with van der Waals surface area (Å²) in [5.41, 5.74) is 33.9. The van der Waals surface area contributed by atoms with E-state index in [0.717, 1.165) is 0 Å². The van der Waals surface area contributed by atoms with Gasteiger partial charge in [0.1, 0.15) is 36.3 Å². The number of allylic oxidation sites excluding steroid dienone is 24. The Labute approximate surface area is 866 Å². The maximum atomic E-state index is 12.8. The van der Waals surface area contributed by atoms with Gasteiger partial charge in [0.25, 0.3) is 0 Å². The van der Waals surface area contributed by atoms with Crippen LogP contribution in [0.25, 0.3) is 0 Å². The summed E-state index contributed by atoms with van der Waals surface area (Å²) < 4.78 is 47.7. The predicted molar refractivity (Wildman–Crippen MR) is 548 cm³/mol. The molecule has 6 rings (SSSR count). The summed E-state index contributed by atoms with van der Waals surface area (Å²) in [7, 11) is 0. The molecule has 44 nitrogen and oxygen atoms in total. The van der Waals surface area contributed by atoms with Crippen LogP contribution < -0.4 is 34.4 Å². The first-order chi connectivity index (χ1) is 69.9. The summed E-state index contributed by atoms with van der Waals surface area (Å²) in [6.07, 6.45) is 5.78. The summed E-state index contributed by atoms with van der Waals surface area (Å²) >= 11 is 0. The number of carbonyl (C=O) groups is 4. The van der Waals surface area contributed by atoms with Crippen LogP contribution in [0.5, 0.6) is 0 Å². The lowest BCUT2D eigenvalue weighted by atomic mass is 9.82. The van der Waals surface area contributed by atoms with Gasteiger partial charge in [0.2, 0.25) is 0 Å². The molecule has 6 heterocycles. The van der Waals surface area contributed by atoms with E-state index in [1.54, 1.807) is 185 Å². The molecule has 4 saturated heterocycles. The zero-order valence-electron chi connectivity index (χ0n) is 85.9. The van der Waals surface area contributed by atoms with Gasteiger partial charge in [-0.2, -0.15) is 0 Å². The van der Waals surface area contributed by atoms with Crippen molar-refractivity contribution in [3.05, 3.63) is 170 Å². The van der Waals surface area contributed by atoms with Gasteiger partial charge in [-0.05, 0) is 66.2 Å². The minimum Gasteiger partial charge on any atom is -0.481 e. The predicted octanol–water partition coefficient (Wildman–Crippen LogP) is -1.43. The second-order valence-corrected chi connectivity index (χ2v) is 39.2. The van der Waals surface area contributed by atoms with E-state index in [9.17, 15) is 132 Å². The van der Waals surface area contributed by atoms with Gasteiger partial charge in [-0.25, -0.2) is 0 Å². The molecule has 4 fully saturated rings. The molecule has 148 heavy (non-hydrogen) atoms. The average Bonchev–Trinajstić information content (AvgIpc) is 0.780. The number of esters is 2. The van der Waals surface area contributed by atoms with Crippen LogP contribution in [0.1, 0.15) is 158 Å². The molecule has 2 unspecified atom stereocenters. The van der Waals surface area contributed by atoms with Gasteiger partial charge in [-0.15, -0.1) is 0 Å². The molecule has 4 bridgehead atoms. The Kier molecular flexibility index (Phi) is 59.0. The molecule has 0 aromatic rings. The van der Waals surface area contributed by atoms with Crippen LogP contribution in [0.2, 0.25) is 0 Å². The number of cyclic esters (lactones) is 2. The first-order valence-corrected chi connectivity index (χ1v) is 50.8. The number of nitrogens with two attached hydrogens (primary N) is 6. The highest BCUT2D eigenvalue weighted by molar-refractivity contribution is 5.76. The van der Waals surface area contributed by atoms with Crippen molar-refractivity contribution in [2.75, 3.05) is 52.4 Å². The molecular formula is C104H170N10O34. The van der Waals surface area contributed by atoms with E-state index in [4.69, 9.17) is 72.3 Å². The fourth-order valence-corrected chi connectivity index (χ4v) is 18.5. The van der Waals surface area contributed by atoms with Crippen molar-refractivity contribution >= 4 is 35.8 Å². The van der Waals surface area contributed by atoms with E-state index in [1.807, 2.05) is 44.2 Å². The highest BCUT2D eigenvalue weighted by atomic mass is 16.7. The maximum Gasteiger partial charge on any atom is 0.311 e. The quantitative estimate of drug-likeness (QED) is 0.0425. The number of carboxylic acid groups (broad SMARTS) is 2. The number of aliphatic hydroxyl groups is 20. The van der Waals surface area contributed by atoms with E-state index in [2.05, 4.69) is 9.98 Å². The number of aliphatic hydroxyl groups excluding tert-OH is 18. The zero-order chi connectivity index (χ0) is 110. The Morgan fingerprint density at radius 2 is 0.655 bits per heavy atom. The van der Waals surface area contributed by atoms with Gasteiger partial charge in [0.15, 0.2) is 36.1 Å². The highest BCUT2D eigenvalue weighted by Gasteiger charge is 2.55. The third-order valence-corrected chi connectivity index (χ3v) is 26.9. The second kappa shape index (κ2) is 67.2. The number of hydrogen-bond acceptors (Lipinski definition) is 38. The lowest BCUT2D eigenvalue weighted by Gasteiger charge is -2.47. The van der Waals surface area contributed by atoms with Crippen molar-refractivity contribution in [2.24, 2.45) is 79.9 Å². The standard InChI is InChI=1S/C53H87N7O17.C51H83N3O17/c1-31-17-15-13-11-9-7-5-6-8-10-12-14-16-18-38(76-50-48(70)45(47(69)34(4)75-50)60(23-21-58-51(54)55)24-22-59-52(56)57)28-42-44(49(71)72)41(66)30-53(73,77-42)29-37(63)26-40(65)39(64)20-19-35(61)25-36(62)27-43(67)74-33(3)32(2)46(31)68;1-31-17-15-13-11-9-7-5-6-8-10-12-14-16-18-38(70-50-48(64)45(47(63)34(4)69-50)54(23-21-52)24-22-53)28-42-44(49(65)66)41(60)30-51(67,71-42)29-37(57)26-40(59)39(58)20-19-35(55)25-36(56)27-43(61)68-33(3)32(2)46(31)62/h5-18,31-42,44-48,50,61-66,68-70,73H,19-30H2,1-4H3,(H,71,72)(H4,54,55,58)(H4,56,57,59);5-18,31-42,44-48,50,55-60,62-64,67H,19-30,52-53H2,1-4H3,(H,65,66)/b2*6-5+,9-7+,10-8+,13-11+,14-12+,17-15+,18-16+/t31-,32-,33-,34+,35+,36+,37-,38-,39+,40+,41-,42?,44+,45-,46+,47+,48-,50-,53+;31-,32-,33-,34+,35+,36+,37-,38-,39+,40+,41-,42?,44+,45-,46+,47+,48-,50-,51+/m00/s1. The van der Waals surface area contributed by atoms with Crippen LogP contribution in [-0.2, 0) is 57.1 Å². The smallest absolute Gasteiger partial charge is 0.311 e. The Bertz CT molecular complexity index is 4370. The van der Waals surface area contributed by atoms with Crippen molar-refractivity contribution in [1.29, 1.82) is 0 Å². The van der Waals surface area contributed by atoms with Gasteiger partial charge in [0.05, 0.1) is 172 Å². The summed E-state index contributed by atoms with van der Waals surface area (Å²) in [4.78, 5) is 62.2. The third-order valence-electron chi connectivity index (χ3n) is 26.9. The number of aliphatic carboxylic acids is 2. The van der Waals surface area contributed by atoms with E-state index in [-0.39, 0.29) is 121 Å². The van der Waals surface area contributed by atoms with Crippen LogP contribution in [0.4, 0.5) is 0 Å². The molecule has 6 aliphatic rings. The molecule has 0 aromatic carbocycles. The van der Waals surface area contributed by atoms with Crippen molar-refractivity contribution in [1.82, 2.24) is 9.80 Å². The number of guanidine groups is 2. The summed E-state index contributed by atoms with van der Waals surface area (Å²) in [5, 5.41) is 242. The first kappa shape index (κ1) is 130.